The number of carbonyl (C=O) groups is 2. The summed E-state index contributed by atoms with van der Waals surface area (Å²) in [6.45, 7) is 4.62. The van der Waals surface area contributed by atoms with E-state index in [1.165, 1.54) is 9.21 Å². The molecule has 1 N–H and O–H groups in total. The summed E-state index contributed by atoms with van der Waals surface area (Å²) >= 11 is 12.6. The number of ether oxygens (including phenoxy) is 2. The molecule has 1 atom stereocenters. The Labute approximate surface area is 269 Å². The Kier molecular flexibility index (Phi) is 11.4. The van der Waals surface area contributed by atoms with Gasteiger partial charge in [-0.05, 0) is 47.7 Å². The van der Waals surface area contributed by atoms with Crippen molar-refractivity contribution in [2.75, 3.05) is 30.4 Å². The minimum absolute atomic E-state index is 0.00939. The number of fused-ring (bicyclic) bond motifs is 1. The zero-order valence-electron chi connectivity index (χ0n) is 25.0. The standard InChI is InChI=1S/C32H37Cl2N3O6S/c1-22(2)19-35-32(39)28(16-23-8-5-4-6-9-23)36(20-24-11-12-25(33)17-27(24)34)31(38)10-7-15-37(44(3,40)41)26-13-14-29-30(18-26)43-21-42-29/h4-6,8-9,11-14,17-18,22,28H,7,10,15-16,19-21H2,1-3H3,(H,35,39)/t28-/m0/s1. The van der Waals surface area contributed by atoms with E-state index < -0.39 is 16.1 Å². The number of rotatable bonds is 14. The van der Waals surface area contributed by atoms with Gasteiger partial charge in [-0.3, -0.25) is 13.9 Å². The number of sulfonamides is 1. The van der Waals surface area contributed by atoms with E-state index in [4.69, 9.17) is 32.7 Å². The van der Waals surface area contributed by atoms with Crippen LogP contribution in [0.25, 0.3) is 0 Å². The van der Waals surface area contributed by atoms with E-state index in [1.54, 1.807) is 36.4 Å². The van der Waals surface area contributed by atoms with Gasteiger partial charge in [0.15, 0.2) is 11.5 Å². The third-order valence-corrected chi connectivity index (χ3v) is 8.89. The Bertz CT molecular complexity index is 1570. The largest absolute Gasteiger partial charge is 0.454 e. The van der Waals surface area contributed by atoms with Gasteiger partial charge in [-0.1, -0.05) is 73.4 Å². The Morgan fingerprint density at radius 1 is 0.977 bits per heavy atom. The summed E-state index contributed by atoms with van der Waals surface area (Å²) in [6.07, 6.45) is 1.60. The number of hydrogen-bond donors (Lipinski definition) is 1. The molecule has 0 saturated carbocycles. The lowest BCUT2D eigenvalue weighted by Gasteiger charge is -2.32. The molecule has 3 aromatic carbocycles. The topological polar surface area (TPSA) is 105 Å². The molecule has 0 aromatic heterocycles. The van der Waals surface area contributed by atoms with Crippen LogP contribution in [-0.4, -0.2) is 57.3 Å². The highest BCUT2D eigenvalue weighted by Crippen LogP contribution is 2.36. The predicted octanol–water partition coefficient (Wildman–Crippen LogP) is 5.68. The van der Waals surface area contributed by atoms with Crippen molar-refractivity contribution in [2.24, 2.45) is 5.92 Å². The summed E-state index contributed by atoms with van der Waals surface area (Å²) < 4.78 is 37.5. The second-order valence-corrected chi connectivity index (χ2v) is 13.8. The summed E-state index contributed by atoms with van der Waals surface area (Å²) in [5.41, 5.74) is 1.93. The third kappa shape index (κ3) is 9.03. The van der Waals surface area contributed by atoms with Crippen molar-refractivity contribution in [2.45, 2.75) is 45.7 Å². The highest BCUT2D eigenvalue weighted by atomic mass is 35.5. The van der Waals surface area contributed by atoms with Crippen molar-refractivity contribution < 1.29 is 27.5 Å². The molecule has 0 radical (unpaired) electrons. The van der Waals surface area contributed by atoms with Crippen LogP contribution < -0.4 is 19.1 Å². The van der Waals surface area contributed by atoms with E-state index in [0.717, 1.165) is 11.8 Å². The summed E-state index contributed by atoms with van der Waals surface area (Å²) in [5, 5.41) is 3.82. The molecule has 3 aromatic rings. The fraction of sp³-hybridized carbons (Fsp3) is 0.375. The Morgan fingerprint density at radius 2 is 1.70 bits per heavy atom. The Hall–Kier alpha value is -3.47. The summed E-state index contributed by atoms with van der Waals surface area (Å²) in [6, 6.07) is 18.6. The maximum absolute atomic E-state index is 14.0. The monoisotopic (exact) mass is 661 g/mol. The van der Waals surface area contributed by atoms with Crippen molar-refractivity contribution in [3.05, 3.63) is 87.9 Å². The van der Waals surface area contributed by atoms with Crippen LogP contribution in [0.1, 0.15) is 37.8 Å². The number of amides is 2. The zero-order valence-corrected chi connectivity index (χ0v) is 27.3. The van der Waals surface area contributed by atoms with Gasteiger partial charge in [-0.2, -0.15) is 0 Å². The highest BCUT2D eigenvalue weighted by Gasteiger charge is 2.31. The number of nitrogens with one attached hydrogen (secondary N) is 1. The molecule has 1 aliphatic rings. The summed E-state index contributed by atoms with van der Waals surface area (Å²) in [7, 11) is -3.68. The van der Waals surface area contributed by atoms with Gasteiger partial charge in [0.2, 0.25) is 28.6 Å². The molecule has 4 rings (SSSR count). The lowest BCUT2D eigenvalue weighted by atomic mass is 10.0. The minimum atomic E-state index is -3.68. The smallest absolute Gasteiger partial charge is 0.243 e. The van der Waals surface area contributed by atoms with Gasteiger partial charge in [0, 0.05) is 48.6 Å². The van der Waals surface area contributed by atoms with Crippen LogP contribution >= 0.6 is 23.2 Å². The first-order valence-corrected chi connectivity index (χ1v) is 16.9. The van der Waals surface area contributed by atoms with Crippen LogP contribution in [0.5, 0.6) is 11.5 Å². The molecule has 0 aliphatic carbocycles. The SMILES string of the molecule is CC(C)CNC(=O)[C@H](Cc1ccccc1)N(Cc1ccc(Cl)cc1Cl)C(=O)CCCN(c1ccc2c(c1)OCO2)S(C)(=O)=O. The average Bonchev–Trinajstić information content (AvgIpc) is 3.44. The van der Waals surface area contributed by atoms with E-state index in [0.29, 0.717) is 39.3 Å². The number of hydrogen-bond acceptors (Lipinski definition) is 6. The van der Waals surface area contributed by atoms with Crippen molar-refractivity contribution in [1.29, 1.82) is 0 Å². The molecule has 0 saturated heterocycles. The van der Waals surface area contributed by atoms with Crippen molar-refractivity contribution in [1.82, 2.24) is 10.2 Å². The van der Waals surface area contributed by atoms with Gasteiger partial charge in [0.25, 0.3) is 0 Å². The Morgan fingerprint density at radius 3 is 2.39 bits per heavy atom. The maximum atomic E-state index is 14.0. The van der Waals surface area contributed by atoms with Crippen molar-refractivity contribution in [3.63, 3.8) is 0 Å². The van der Waals surface area contributed by atoms with E-state index in [9.17, 15) is 18.0 Å². The second kappa shape index (κ2) is 15.0. The first kappa shape index (κ1) is 33.4. The summed E-state index contributed by atoms with van der Waals surface area (Å²) in [5.74, 6) is 0.614. The molecule has 0 bridgehead atoms. The molecule has 1 aliphatic heterocycles. The molecule has 12 heteroatoms. The van der Waals surface area contributed by atoms with Crippen LogP contribution in [0.15, 0.2) is 66.7 Å². The maximum Gasteiger partial charge on any atom is 0.243 e. The minimum Gasteiger partial charge on any atom is -0.454 e. The third-order valence-electron chi connectivity index (χ3n) is 7.11. The van der Waals surface area contributed by atoms with Gasteiger partial charge in [0.05, 0.1) is 11.9 Å². The van der Waals surface area contributed by atoms with Crippen LogP contribution in [0.4, 0.5) is 5.69 Å². The normalized spacial score (nSPS) is 13.0. The Balaban J connectivity index is 1.59. The number of halogens is 2. The lowest BCUT2D eigenvalue weighted by Crippen LogP contribution is -2.51. The van der Waals surface area contributed by atoms with Gasteiger partial charge >= 0.3 is 0 Å². The fourth-order valence-electron chi connectivity index (χ4n) is 4.85. The first-order chi connectivity index (χ1) is 20.9. The second-order valence-electron chi connectivity index (χ2n) is 11.1. The molecule has 236 valence electrons. The molecule has 0 unspecified atom stereocenters. The first-order valence-electron chi connectivity index (χ1n) is 14.3. The zero-order chi connectivity index (χ0) is 31.9. The number of carbonyl (C=O) groups excluding carboxylic acids is 2. The number of anilines is 1. The van der Waals surface area contributed by atoms with Crippen LogP contribution in [0, 0.1) is 5.92 Å². The van der Waals surface area contributed by atoms with Crippen LogP contribution in [-0.2, 0) is 32.6 Å². The van der Waals surface area contributed by atoms with Crippen molar-refractivity contribution in [3.8, 4) is 11.5 Å². The van der Waals surface area contributed by atoms with Gasteiger partial charge < -0.3 is 19.7 Å². The fourth-order valence-corrected chi connectivity index (χ4v) is 6.28. The molecule has 0 fully saturated rings. The molecular weight excluding hydrogens is 625 g/mol. The average molecular weight is 663 g/mol. The van der Waals surface area contributed by atoms with E-state index in [2.05, 4.69) is 5.32 Å². The van der Waals surface area contributed by atoms with E-state index in [1.807, 2.05) is 44.2 Å². The molecule has 44 heavy (non-hydrogen) atoms. The molecule has 0 spiro atoms. The van der Waals surface area contributed by atoms with Gasteiger partial charge in [0.1, 0.15) is 6.04 Å². The number of benzene rings is 3. The number of nitrogens with zero attached hydrogens (tertiary/aromatic N) is 2. The van der Waals surface area contributed by atoms with Gasteiger partial charge in [-0.15, -0.1) is 0 Å². The van der Waals surface area contributed by atoms with Crippen LogP contribution in [0.3, 0.4) is 0 Å². The summed E-state index contributed by atoms with van der Waals surface area (Å²) in [4.78, 5) is 29.2. The predicted molar refractivity (Wildman–Crippen MR) is 173 cm³/mol. The van der Waals surface area contributed by atoms with Crippen LogP contribution in [0.2, 0.25) is 10.0 Å². The molecular formula is C32H37Cl2N3O6S. The lowest BCUT2D eigenvalue weighted by molar-refractivity contribution is -0.141. The van der Waals surface area contributed by atoms with Crippen molar-refractivity contribution >= 4 is 50.7 Å². The molecule has 2 amide bonds. The van der Waals surface area contributed by atoms with E-state index >= 15 is 0 Å². The molecule has 9 nitrogen and oxygen atoms in total. The molecule has 1 heterocycles. The van der Waals surface area contributed by atoms with Gasteiger partial charge in [-0.25, -0.2) is 8.42 Å². The highest BCUT2D eigenvalue weighted by molar-refractivity contribution is 7.92. The quantitative estimate of drug-likeness (QED) is 0.238. The van der Waals surface area contributed by atoms with E-state index in [-0.39, 0.29) is 56.9 Å².